The van der Waals surface area contributed by atoms with Gasteiger partial charge in [0.15, 0.2) is 7.83 Å². The molecule has 0 aliphatic heterocycles. The molecule has 14 heavy (non-hydrogen) atoms. The second-order valence-electron chi connectivity index (χ2n) is 3.43. The minimum Gasteiger partial charge on any atom is -0.502 e. The minimum absolute atomic E-state index is 0.402. The Labute approximate surface area is 89.2 Å². The fourth-order valence-corrected chi connectivity index (χ4v) is 6.89. The van der Waals surface area contributed by atoms with E-state index in [2.05, 4.69) is 13.2 Å². The molecule has 1 N–H and O–H groups in total. The minimum atomic E-state index is -1.94. The predicted molar refractivity (Wildman–Crippen MR) is 64.3 cm³/mol. The third-order valence-corrected chi connectivity index (χ3v) is 10.3. The van der Waals surface area contributed by atoms with Gasteiger partial charge < -0.3 is 14.3 Å². The Bertz CT molecular complexity index is 171. The van der Waals surface area contributed by atoms with E-state index in [4.69, 9.17) is 9.47 Å². The van der Waals surface area contributed by atoms with Gasteiger partial charge in [0.2, 0.25) is 0 Å². The van der Waals surface area contributed by atoms with Crippen LogP contribution in [-0.2, 0) is 9.47 Å². The van der Waals surface area contributed by atoms with Gasteiger partial charge in [0.05, 0.1) is 34.8 Å². The van der Waals surface area contributed by atoms with Crippen LogP contribution >= 0.6 is 0 Å². The highest BCUT2D eigenvalue weighted by molar-refractivity contribution is 7.20. The summed E-state index contributed by atoms with van der Waals surface area (Å²) in [5, 5.41) is 0. The average Bonchev–Trinajstić information content (AvgIpc) is 2.13. The van der Waals surface area contributed by atoms with Crippen LogP contribution in [0.4, 0.5) is 0 Å². The Morgan fingerprint density at radius 1 is 1.29 bits per heavy atom. The lowest BCUT2D eigenvalue weighted by molar-refractivity contribution is 0.265. The summed E-state index contributed by atoms with van der Waals surface area (Å²) in [7, 11) is -2.34. The van der Waals surface area contributed by atoms with Crippen LogP contribution in [0.2, 0.25) is 18.6 Å². The van der Waals surface area contributed by atoms with Gasteiger partial charge in [-0.3, -0.25) is 0 Å². The molecule has 0 aromatic carbocycles. The molecule has 0 spiro atoms. The molecule has 0 rings (SSSR count). The molecular formula is C9H20O3Si2. The lowest BCUT2D eigenvalue weighted by atomic mass is 10.8. The van der Waals surface area contributed by atoms with E-state index in [0.29, 0.717) is 13.2 Å². The van der Waals surface area contributed by atoms with Crippen LogP contribution in [0.25, 0.3) is 0 Å². The van der Waals surface area contributed by atoms with E-state index in [9.17, 15) is 4.80 Å². The molecule has 0 heterocycles. The molecule has 0 aromatic heterocycles. The SMILES string of the molecule is C=COCC[SiH2][Si](C)(O)CCOC=C. The molecule has 0 radical (unpaired) electrons. The summed E-state index contributed by atoms with van der Waals surface area (Å²) in [6.07, 6.45) is 2.87. The van der Waals surface area contributed by atoms with E-state index in [-0.39, 0.29) is 0 Å². The monoisotopic (exact) mass is 232 g/mol. The van der Waals surface area contributed by atoms with Gasteiger partial charge in [0.25, 0.3) is 0 Å². The Hall–Kier alpha value is -0.526. The van der Waals surface area contributed by atoms with Gasteiger partial charge in [0.1, 0.15) is 0 Å². The second kappa shape index (κ2) is 7.84. The maximum atomic E-state index is 10.0. The third-order valence-electron chi connectivity index (χ3n) is 1.97. The molecule has 3 nitrogen and oxygen atoms in total. The van der Waals surface area contributed by atoms with E-state index in [1.165, 1.54) is 12.5 Å². The highest BCUT2D eigenvalue weighted by Crippen LogP contribution is 2.06. The Morgan fingerprint density at radius 3 is 2.43 bits per heavy atom. The summed E-state index contributed by atoms with van der Waals surface area (Å²) in [5.41, 5.74) is 0. The predicted octanol–water partition coefficient (Wildman–Crippen LogP) is 0.958. The molecule has 0 aliphatic carbocycles. The fraction of sp³-hybridized carbons (Fsp3) is 0.556. The molecule has 0 amide bonds. The van der Waals surface area contributed by atoms with Crippen LogP contribution in [0.15, 0.2) is 25.7 Å². The first kappa shape index (κ1) is 13.5. The molecule has 1 atom stereocenters. The van der Waals surface area contributed by atoms with Gasteiger partial charge in [-0.25, -0.2) is 0 Å². The standard InChI is InChI=1S/C9H20O3Si2/c1-4-11-6-8-13-14(3,10)9-7-12-5-2/h4-5,10H,1-2,6-9,13H2,3H3. The van der Waals surface area contributed by atoms with Crippen LogP contribution < -0.4 is 0 Å². The molecule has 0 fully saturated rings. The van der Waals surface area contributed by atoms with Crippen molar-refractivity contribution in [3.63, 3.8) is 0 Å². The maximum absolute atomic E-state index is 10.0. The molecule has 0 aromatic rings. The summed E-state index contributed by atoms with van der Waals surface area (Å²) < 4.78 is 10.0. The number of hydrogen-bond acceptors (Lipinski definition) is 3. The van der Waals surface area contributed by atoms with Gasteiger partial charge in [-0.05, 0) is 18.6 Å². The molecule has 0 saturated heterocycles. The molecule has 0 aliphatic rings. The maximum Gasteiger partial charge on any atom is 0.168 e. The number of hydrogen-bond donors (Lipinski definition) is 1. The lowest BCUT2D eigenvalue weighted by Crippen LogP contribution is -2.39. The van der Waals surface area contributed by atoms with Gasteiger partial charge in [-0.1, -0.05) is 13.2 Å². The zero-order chi connectivity index (χ0) is 10.9. The molecule has 0 saturated carbocycles. The Kier molecular flexibility index (Phi) is 7.54. The van der Waals surface area contributed by atoms with Crippen molar-refractivity contribution in [2.24, 2.45) is 0 Å². The van der Waals surface area contributed by atoms with E-state index < -0.39 is 16.9 Å². The molecule has 5 heteroatoms. The van der Waals surface area contributed by atoms with E-state index in [1.807, 2.05) is 6.55 Å². The second-order valence-corrected chi connectivity index (χ2v) is 14.2. The van der Waals surface area contributed by atoms with Crippen molar-refractivity contribution in [3.05, 3.63) is 25.7 Å². The van der Waals surface area contributed by atoms with E-state index >= 15 is 0 Å². The van der Waals surface area contributed by atoms with Crippen molar-refractivity contribution >= 4 is 16.9 Å². The zero-order valence-corrected chi connectivity index (χ0v) is 11.3. The van der Waals surface area contributed by atoms with Crippen LogP contribution in [0.5, 0.6) is 0 Å². The zero-order valence-electron chi connectivity index (χ0n) is 8.87. The fourth-order valence-electron chi connectivity index (χ4n) is 1.11. The van der Waals surface area contributed by atoms with Gasteiger partial charge in [0, 0.05) is 0 Å². The quantitative estimate of drug-likeness (QED) is 0.366. The van der Waals surface area contributed by atoms with E-state index in [0.717, 1.165) is 12.1 Å². The summed E-state index contributed by atoms with van der Waals surface area (Å²) in [4.78, 5) is 10.0. The first-order valence-corrected chi connectivity index (χ1v) is 10.8. The third kappa shape index (κ3) is 8.09. The summed E-state index contributed by atoms with van der Waals surface area (Å²) in [6, 6.07) is 1.82. The van der Waals surface area contributed by atoms with Crippen LogP contribution in [-0.4, -0.2) is 34.9 Å². The number of ether oxygens (including phenoxy) is 2. The Morgan fingerprint density at radius 2 is 1.86 bits per heavy atom. The normalized spacial score (nSPS) is 15.0. The van der Waals surface area contributed by atoms with Crippen molar-refractivity contribution in [1.82, 2.24) is 0 Å². The summed E-state index contributed by atoms with van der Waals surface area (Å²) in [6.45, 7) is 10.2. The molecular weight excluding hydrogens is 212 g/mol. The number of rotatable bonds is 9. The van der Waals surface area contributed by atoms with Crippen LogP contribution in [0.3, 0.4) is 0 Å². The lowest BCUT2D eigenvalue weighted by Gasteiger charge is -2.19. The van der Waals surface area contributed by atoms with Crippen molar-refractivity contribution in [1.29, 1.82) is 0 Å². The summed E-state index contributed by atoms with van der Waals surface area (Å²) >= 11 is 0. The van der Waals surface area contributed by atoms with Gasteiger partial charge in [-0.15, -0.1) is 0 Å². The first-order valence-electron chi connectivity index (χ1n) is 4.80. The first-order chi connectivity index (χ1) is 6.62. The highest BCUT2D eigenvalue weighted by Gasteiger charge is 2.23. The highest BCUT2D eigenvalue weighted by atomic mass is 29.2. The Balaban J connectivity index is 3.49. The van der Waals surface area contributed by atoms with Gasteiger partial charge >= 0.3 is 0 Å². The van der Waals surface area contributed by atoms with Crippen molar-refractivity contribution in [3.8, 4) is 0 Å². The summed E-state index contributed by atoms with van der Waals surface area (Å²) in [5.74, 6) is 0. The van der Waals surface area contributed by atoms with E-state index in [1.54, 1.807) is 0 Å². The van der Waals surface area contributed by atoms with Gasteiger partial charge in [-0.2, -0.15) is 0 Å². The molecule has 1 unspecified atom stereocenters. The molecule has 82 valence electrons. The molecule has 0 bridgehead atoms. The van der Waals surface area contributed by atoms with Crippen LogP contribution in [0, 0.1) is 0 Å². The topological polar surface area (TPSA) is 38.7 Å². The van der Waals surface area contributed by atoms with Crippen molar-refractivity contribution in [2.45, 2.75) is 18.6 Å². The average molecular weight is 232 g/mol. The smallest absolute Gasteiger partial charge is 0.168 e. The van der Waals surface area contributed by atoms with Crippen molar-refractivity contribution < 1.29 is 14.3 Å². The largest absolute Gasteiger partial charge is 0.502 e. The van der Waals surface area contributed by atoms with Crippen molar-refractivity contribution in [2.75, 3.05) is 13.2 Å². The van der Waals surface area contributed by atoms with Crippen LogP contribution in [0.1, 0.15) is 0 Å².